The lowest BCUT2D eigenvalue weighted by Gasteiger charge is -2.32. The minimum absolute atomic E-state index is 0.118. The first-order valence-corrected chi connectivity index (χ1v) is 7.51. The Labute approximate surface area is 121 Å². The summed E-state index contributed by atoms with van der Waals surface area (Å²) in [5.41, 5.74) is 7.75. The van der Waals surface area contributed by atoms with Crippen LogP contribution in [-0.2, 0) is 4.79 Å². The lowest BCUT2D eigenvalue weighted by atomic mass is 9.99. The number of nitrogens with zero attached hydrogens (tertiary/aromatic N) is 1. The van der Waals surface area contributed by atoms with Gasteiger partial charge < -0.3 is 16.0 Å². The predicted molar refractivity (Wildman–Crippen MR) is 83.9 cm³/mol. The van der Waals surface area contributed by atoms with Gasteiger partial charge >= 0.3 is 0 Å². The molecule has 0 aliphatic carbocycles. The van der Waals surface area contributed by atoms with Crippen molar-refractivity contribution in [3.8, 4) is 0 Å². The minimum atomic E-state index is -0.432. The second kappa shape index (κ2) is 6.75. The van der Waals surface area contributed by atoms with Crippen molar-refractivity contribution in [2.45, 2.75) is 39.2 Å². The molecule has 110 valence electrons. The van der Waals surface area contributed by atoms with Crippen molar-refractivity contribution in [3.63, 3.8) is 0 Å². The van der Waals surface area contributed by atoms with E-state index in [9.17, 15) is 4.79 Å². The van der Waals surface area contributed by atoms with Crippen LogP contribution in [0.3, 0.4) is 0 Å². The Morgan fingerprint density at radius 3 is 2.50 bits per heavy atom. The minimum Gasteiger partial charge on any atom is -0.372 e. The fraction of sp³-hybridized carbons (Fsp3) is 0.562. The zero-order valence-electron chi connectivity index (χ0n) is 12.4. The van der Waals surface area contributed by atoms with Crippen molar-refractivity contribution >= 4 is 17.3 Å². The zero-order chi connectivity index (χ0) is 14.5. The summed E-state index contributed by atoms with van der Waals surface area (Å²) in [6.07, 6.45) is 3.16. The Morgan fingerprint density at radius 1 is 1.35 bits per heavy atom. The van der Waals surface area contributed by atoms with E-state index >= 15 is 0 Å². The summed E-state index contributed by atoms with van der Waals surface area (Å²) in [7, 11) is 0. The number of nitrogens with one attached hydrogen (secondary N) is 1. The lowest BCUT2D eigenvalue weighted by Crippen LogP contribution is -2.35. The predicted octanol–water partition coefficient (Wildman–Crippen LogP) is 2.60. The van der Waals surface area contributed by atoms with Crippen molar-refractivity contribution in [2.75, 3.05) is 23.3 Å². The van der Waals surface area contributed by atoms with Gasteiger partial charge in [0.2, 0.25) is 5.91 Å². The van der Waals surface area contributed by atoms with E-state index < -0.39 is 6.04 Å². The number of rotatable bonds is 4. The third-order valence-electron chi connectivity index (χ3n) is 4.06. The molecule has 0 saturated carbocycles. The molecule has 1 saturated heterocycles. The molecule has 1 aliphatic rings. The van der Waals surface area contributed by atoms with E-state index in [0.29, 0.717) is 6.42 Å². The van der Waals surface area contributed by atoms with Gasteiger partial charge in [0.05, 0.1) is 6.04 Å². The molecule has 1 aromatic rings. The molecule has 3 N–H and O–H groups in total. The molecule has 4 heteroatoms. The highest BCUT2D eigenvalue weighted by atomic mass is 16.2. The summed E-state index contributed by atoms with van der Waals surface area (Å²) < 4.78 is 0. The Balaban J connectivity index is 1.94. The van der Waals surface area contributed by atoms with Crippen LogP contribution in [0.2, 0.25) is 0 Å². The molecule has 1 heterocycles. The van der Waals surface area contributed by atoms with Crippen molar-refractivity contribution in [1.82, 2.24) is 0 Å². The first kappa shape index (κ1) is 14.9. The number of nitrogens with two attached hydrogens (primary N) is 1. The lowest BCUT2D eigenvalue weighted by molar-refractivity contribution is -0.117. The maximum Gasteiger partial charge on any atom is 0.241 e. The van der Waals surface area contributed by atoms with Gasteiger partial charge in [-0.15, -0.1) is 0 Å². The van der Waals surface area contributed by atoms with Crippen molar-refractivity contribution in [2.24, 2.45) is 11.7 Å². The second-order valence-corrected chi connectivity index (χ2v) is 5.72. The molecular weight excluding hydrogens is 250 g/mol. The summed E-state index contributed by atoms with van der Waals surface area (Å²) in [4.78, 5) is 14.1. The number of piperidine rings is 1. The summed E-state index contributed by atoms with van der Waals surface area (Å²) in [6, 6.07) is 7.62. The topological polar surface area (TPSA) is 58.4 Å². The van der Waals surface area contributed by atoms with Gasteiger partial charge in [0, 0.05) is 24.5 Å². The molecule has 1 aromatic carbocycles. The van der Waals surface area contributed by atoms with Gasteiger partial charge in [0.1, 0.15) is 0 Å². The molecule has 1 amide bonds. The summed E-state index contributed by atoms with van der Waals surface area (Å²) >= 11 is 0. The number of amides is 1. The average Bonchev–Trinajstić information content (AvgIpc) is 2.48. The maximum absolute atomic E-state index is 11.7. The van der Waals surface area contributed by atoms with Gasteiger partial charge in [0.25, 0.3) is 0 Å². The van der Waals surface area contributed by atoms with Crippen LogP contribution in [0.4, 0.5) is 11.4 Å². The maximum atomic E-state index is 11.7. The molecule has 2 rings (SSSR count). The normalized spacial score (nSPS) is 17.9. The number of anilines is 2. The standard InChI is InChI=1S/C16H25N3O/c1-3-15(17)16(20)18-13-4-6-14(7-5-13)19-10-8-12(2)9-11-19/h4-7,12,15H,3,8-11,17H2,1-2H3,(H,18,20). The van der Waals surface area contributed by atoms with Crippen LogP contribution in [0, 0.1) is 5.92 Å². The Kier molecular flexibility index (Phi) is 5.01. The SMILES string of the molecule is CCC(N)C(=O)Nc1ccc(N2CCC(C)CC2)cc1. The second-order valence-electron chi connectivity index (χ2n) is 5.72. The van der Waals surface area contributed by atoms with Gasteiger partial charge in [-0.1, -0.05) is 13.8 Å². The molecule has 0 radical (unpaired) electrons. The first-order chi connectivity index (χ1) is 9.60. The van der Waals surface area contributed by atoms with E-state index in [1.807, 2.05) is 19.1 Å². The Hall–Kier alpha value is -1.55. The van der Waals surface area contributed by atoms with E-state index in [4.69, 9.17) is 5.73 Å². The third-order valence-corrected chi connectivity index (χ3v) is 4.06. The number of benzene rings is 1. The number of hydrogen-bond acceptors (Lipinski definition) is 3. The van der Waals surface area contributed by atoms with Gasteiger partial charge in [-0.05, 0) is 49.4 Å². The molecule has 1 atom stereocenters. The first-order valence-electron chi connectivity index (χ1n) is 7.51. The average molecular weight is 275 g/mol. The molecule has 0 bridgehead atoms. The fourth-order valence-electron chi connectivity index (χ4n) is 2.44. The highest BCUT2D eigenvalue weighted by Gasteiger charge is 2.16. The fourth-order valence-corrected chi connectivity index (χ4v) is 2.44. The Bertz CT molecular complexity index is 436. The van der Waals surface area contributed by atoms with Crippen LogP contribution >= 0.6 is 0 Å². The summed E-state index contributed by atoms with van der Waals surface area (Å²) in [5.74, 6) is 0.715. The van der Waals surface area contributed by atoms with Crippen LogP contribution in [0.5, 0.6) is 0 Å². The number of hydrogen-bond donors (Lipinski definition) is 2. The highest BCUT2D eigenvalue weighted by Crippen LogP contribution is 2.24. The zero-order valence-corrected chi connectivity index (χ0v) is 12.4. The summed E-state index contributed by atoms with van der Waals surface area (Å²) in [5, 5.41) is 2.85. The van der Waals surface area contributed by atoms with E-state index in [1.54, 1.807) is 0 Å². The summed E-state index contributed by atoms with van der Waals surface area (Å²) in [6.45, 7) is 6.46. The van der Waals surface area contributed by atoms with Gasteiger partial charge in [-0.2, -0.15) is 0 Å². The molecule has 1 aliphatic heterocycles. The van der Waals surface area contributed by atoms with E-state index in [0.717, 1.165) is 24.7 Å². The van der Waals surface area contributed by atoms with Crippen LogP contribution < -0.4 is 16.0 Å². The van der Waals surface area contributed by atoms with Crippen LogP contribution in [0.25, 0.3) is 0 Å². The van der Waals surface area contributed by atoms with Crippen molar-refractivity contribution < 1.29 is 4.79 Å². The number of carbonyl (C=O) groups is 1. The van der Waals surface area contributed by atoms with Crippen LogP contribution in [0.1, 0.15) is 33.1 Å². The van der Waals surface area contributed by atoms with Crippen LogP contribution in [0.15, 0.2) is 24.3 Å². The van der Waals surface area contributed by atoms with Crippen LogP contribution in [-0.4, -0.2) is 25.0 Å². The molecule has 0 spiro atoms. The van der Waals surface area contributed by atoms with Gasteiger partial charge in [0.15, 0.2) is 0 Å². The third kappa shape index (κ3) is 3.73. The molecule has 20 heavy (non-hydrogen) atoms. The molecule has 0 aromatic heterocycles. The largest absolute Gasteiger partial charge is 0.372 e. The van der Waals surface area contributed by atoms with E-state index in [-0.39, 0.29) is 5.91 Å². The monoisotopic (exact) mass is 275 g/mol. The van der Waals surface area contributed by atoms with Crippen molar-refractivity contribution in [3.05, 3.63) is 24.3 Å². The molecular formula is C16H25N3O. The molecule has 1 fully saturated rings. The smallest absolute Gasteiger partial charge is 0.241 e. The van der Waals surface area contributed by atoms with Crippen molar-refractivity contribution in [1.29, 1.82) is 0 Å². The van der Waals surface area contributed by atoms with Gasteiger partial charge in [-0.3, -0.25) is 4.79 Å². The molecule has 1 unspecified atom stereocenters. The quantitative estimate of drug-likeness (QED) is 0.888. The van der Waals surface area contributed by atoms with Gasteiger partial charge in [-0.25, -0.2) is 0 Å². The molecule has 4 nitrogen and oxygen atoms in total. The van der Waals surface area contributed by atoms with E-state index in [1.165, 1.54) is 18.5 Å². The highest BCUT2D eigenvalue weighted by molar-refractivity contribution is 5.94. The Morgan fingerprint density at radius 2 is 1.95 bits per heavy atom. The van der Waals surface area contributed by atoms with E-state index in [2.05, 4.69) is 29.3 Å². The number of carbonyl (C=O) groups excluding carboxylic acids is 1.